The van der Waals surface area contributed by atoms with Gasteiger partial charge in [0.1, 0.15) is 11.5 Å². The number of carbonyl (C=O) groups is 1. The Bertz CT molecular complexity index is 723. The number of phenols is 1. The van der Waals surface area contributed by atoms with Crippen LogP contribution < -0.4 is 4.74 Å². The fourth-order valence-corrected chi connectivity index (χ4v) is 1.99. The van der Waals surface area contributed by atoms with Gasteiger partial charge in [-0.05, 0) is 36.4 Å². The fourth-order valence-electron chi connectivity index (χ4n) is 1.99. The lowest BCUT2D eigenvalue weighted by molar-refractivity contribution is -0.137. The van der Waals surface area contributed by atoms with Crippen molar-refractivity contribution in [3.05, 3.63) is 47.5 Å². The number of rotatable bonds is 3. The Labute approximate surface area is 123 Å². The summed E-state index contributed by atoms with van der Waals surface area (Å²) in [4.78, 5) is 10.8. The molecule has 0 saturated heterocycles. The quantitative estimate of drug-likeness (QED) is 0.905. The van der Waals surface area contributed by atoms with Crippen LogP contribution in [0.3, 0.4) is 0 Å². The Morgan fingerprint density at radius 1 is 1.09 bits per heavy atom. The highest BCUT2D eigenvalue weighted by molar-refractivity contribution is 5.90. The van der Waals surface area contributed by atoms with Crippen LogP contribution in [0.2, 0.25) is 0 Å². The number of carboxylic acid groups (broad SMARTS) is 1. The minimum Gasteiger partial charge on any atom is -0.507 e. The van der Waals surface area contributed by atoms with Crippen LogP contribution in [0.4, 0.5) is 13.2 Å². The minimum absolute atomic E-state index is 0.0202. The monoisotopic (exact) mass is 312 g/mol. The van der Waals surface area contributed by atoms with E-state index in [1.807, 2.05) is 0 Å². The Morgan fingerprint density at radius 2 is 1.77 bits per heavy atom. The number of hydrogen-bond acceptors (Lipinski definition) is 3. The van der Waals surface area contributed by atoms with Crippen LogP contribution in [0.25, 0.3) is 11.1 Å². The molecule has 0 aliphatic carbocycles. The molecule has 0 amide bonds. The second kappa shape index (κ2) is 5.59. The van der Waals surface area contributed by atoms with Gasteiger partial charge in [0, 0.05) is 11.1 Å². The molecule has 0 aliphatic rings. The summed E-state index contributed by atoms with van der Waals surface area (Å²) in [5.41, 5.74) is -1.00. The predicted octanol–water partition coefficient (Wildman–Crippen LogP) is 3.78. The highest BCUT2D eigenvalue weighted by atomic mass is 19.4. The number of aromatic hydroxyl groups is 1. The highest BCUT2D eigenvalue weighted by Gasteiger charge is 2.31. The summed E-state index contributed by atoms with van der Waals surface area (Å²) in [5.74, 6) is -1.57. The molecule has 2 rings (SSSR count). The Kier molecular flexibility index (Phi) is 3.99. The molecular weight excluding hydrogens is 301 g/mol. The normalized spacial score (nSPS) is 11.3. The van der Waals surface area contributed by atoms with E-state index >= 15 is 0 Å². The molecular formula is C15H11F3O4. The fraction of sp³-hybridized carbons (Fsp3) is 0.133. The third-order valence-electron chi connectivity index (χ3n) is 3.06. The van der Waals surface area contributed by atoms with E-state index in [1.165, 1.54) is 19.2 Å². The van der Waals surface area contributed by atoms with Gasteiger partial charge in [-0.15, -0.1) is 0 Å². The number of halogens is 3. The number of aromatic carboxylic acids is 1. The van der Waals surface area contributed by atoms with Gasteiger partial charge in [0.15, 0.2) is 0 Å². The summed E-state index contributed by atoms with van der Waals surface area (Å²) in [6.45, 7) is 0. The zero-order valence-corrected chi connectivity index (χ0v) is 11.3. The molecule has 0 saturated carbocycles. The molecule has 0 aromatic heterocycles. The summed E-state index contributed by atoms with van der Waals surface area (Å²) in [6.07, 6.45) is -4.54. The maximum Gasteiger partial charge on any atom is 0.416 e. The van der Waals surface area contributed by atoms with Gasteiger partial charge in [0.2, 0.25) is 0 Å². The molecule has 0 atom stereocenters. The zero-order chi connectivity index (χ0) is 16.5. The van der Waals surface area contributed by atoms with Gasteiger partial charge in [-0.2, -0.15) is 13.2 Å². The molecule has 0 aliphatic heterocycles. The predicted molar refractivity (Wildman–Crippen MR) is 72.1 cm³/mol. The zero-order valence-electron chi connectivity index (χ0n) is 11.3. The number of carboxylic acids is 1. The number of hydrogen-bond donors (Lipinski definition) is 2. The Balaban J connectivity index is 2.62. The molecule has 7 heteroatoms. The van der Waals surface area contributed by atoms with Crippen molar-refractivity contribution in [3.63, 3.8) is 0 Å². The van der Waals surface area contributed by atoms with Crippen LogP contribution in [0.5, 0.6) is 11.5 Å². The summed E-state index contributed by atoms with van der Waals surface area (Å²) >= 11 is 0. The van der Waals surface area contributed by atoms with Crippen LogP contribution in [0.15, 0.2) is 36.4 Å². The van der Waals surface area contributed by atoms with E-state index in [1.54, 1.807) is 0 Å². The molecule has 0 fully saturated rings. The van der Waals surface area contributed by atoms with Crippen LogP contribution in [-0.4, -0.2) is 23.3 Å². The first-order valence-electron chi connectivity index (χ1n) is 6.06. The molecule has 2 N–H and O–H groups in total. The van der Waals surface area contributed by atoms with E-state index in [9.17, 15) is 23.1 Å². The van der Waals surface area contributed by atoms with E-state index in [4.69, 9.17) is 9.84 Å². The standard InChI is InChI=1S/C15H11F3O4/c1-22-13-5-3-9(15(16,17)18)7-11(13)10-4-2-8(14(20)21)6-12(10)19/h2-7,19H,1H3,(H,20,21). The average Bonchev–Trinajstić information content (AvgIpc) is 2.45. The molecule has 4 nitrogen and oxygen atoms in total. The van der Waals surface area contributed by atoms with E-state index in [0.29, 0.717) is 0 Å². The lowest BCUT2D eigenvalue weighted by Crippen LogP contribution is -2.05. The summed E-state index contributed by atoms with van der Waals surface area (Å²) in [5, 5.41) is 18.7. The van der Waals surface area contributed by atoms with E-state index < -0.39 is 23.5 Å². The van der Waals surface area contributed by atoms with Crippen molar-refractivity contribution in [1.29, 1.82) is 0 Å². The summed E-state index contributed by atoms with van der Waals surface area (Å²) in [7, 11) is 1.29. The molecule has 0 bridgehead atoms. The maximum absolute atomic E-state index is 12.8. The van der Waals surface area contributed by atoms with Gasteiger partial charge in [-0.3, -0.25) is 0 Å². The number of methoxy groups -OCH3 is 1. The number of alkyl halides is 3. The van der Waals surface area contributed by atoms with Crippen molar-refractivity contribution in [3.8, 4) is 22.6 Å². The van der Waals surface area contributed by atoms with Gasteiger partial charge in [-0.1, -0.05) is 0 Å². The van der Waals surface area contributed by atoms with E-state index in [0.717, 1.165) is 24.3 Å². The van der Waals surface area contributed by atoms with Crippen LogP contribution >= 0.6 is 0 Å². The molecule has 0 radical (unpaired) electrons. The van der Waals surface area contributed by atoms with Gasteiger partial charge < -0.3 is 14.9 Å². The van der Waals surface area contributed by atoms with Gasteiger partial charge in [0.25, 0.3) is 0 Å². The van der Waals surface area contributed by atoms with Crippen molar-refractivity contribution in [2.24, 2.45) is 0 Å². The lowest BCUT2D eigenvalue weighted by atomic mass is 9.99. The smallest absolute Gasteiger partial charge is 0.416 e. The molecule has 2 aromatic carbocycles. The molecule has 0 unspecified atom stereocenters. The Hall–Kier alpha value is -2.70. The highest BCUT2D eigenvalue weighted by Crippen LogP contribution is 2.40. The van der Waals surface area contributed by atoms with Crippen molar-refractivity contribution >= 4 is 5.97 Å². The molecule has 2 aromatic rings. The van der Waals surface area contributed by atoms with Crippen LogP contribution in [-0.2, 0) is 6.18 Å². The maximum atomic E-state index is 12.8. The molecule has 116 valence electrons. The van der Waals surface area contributed by atoms with Crippen molar-refractivity contribution in [2.45, 2.75) is 6.18 Å². The topological polar surface area (TPSA) is 66.8 Å². The molecule has 0 heterocycles. The van der Waals surface area contributed by atoms with Crippen molar-refractivity contribution < 1.29 is 32.9 Å². The number of ether oxygens (including phenoxy) is 1. The summed E-state index contributed by atoms with van der Waals surface area (Å²) in [6, 6.07) is 6.24. The number of benzene rings is 2. The van der Waals surface area contributed by atoms with E-state index in [2.05, 4.69) is 0 Å². The first kappa shape index (κ1) is 15.7. The van der Waals surface area contributed by atoms with Gasteiger partial charge in [0.05, 0.1) is 18.2 Å². The Morgan fingerprint density at radius 3 is 2.27 bits per heavy atom. The number of phenolic OH excluding ortho intramolecular Hbond substituents is 1. The first-order valence-corrected chi connectivity index (χ1v) is 6.06. The SMILES string of the molecule is COc1ccc(C(F)(F)F)cc1-c1ccc(C(=O)O)cc1O. The van der Waals surface area contributed by atoms with Crippen molar-refractivity contribution in [1.82, 2.24) is 0 Å². The van der Waals surface area contributed by atoms with Crippen LogP contribution in [0, 0.1) is 0 Å². The van der Waals surface area contributed by atoms with Gasteiger partial charge >= 0.3 is 12.1 Å². The second-order valence-corrected chi connectivity index (χ2v) is 4.45. The molecule has 22 heavy (non-hydrogen) atoms. The largest absolute Gasteiger partial charge is 0.507 e. The summed E-state index contributed by atoms with van der Waals surface area (Å²) < 4.78 is 43.4. The van der Waals surface area contributed by atoms with Gasteiger partial charge in [-0.25, -0.2) is 4.79 Å². The average molecular weight is 312 g/mol. The van der Waals surface area contributed by atoms with E-state index in [-0.39, 0.29) is 22.4 Å². The minimum atomic E-state index is -4.54. The lowest BCUT2D eigenvalue weighted by Gasteiger charge is -2.14. The third kappa shape index (κ3) is 2.98. The second-order valence-electron chi connectivity index (χ2n) is 4.45. The van der Waals surface area contributed by atoms with Crippen LogP contribution in [0.1, 0.15) is 15.9 Å². The molecule has 0 spiro atoms. The van der Waals surface area contributed by atoms with Crippen molar-refractivity contribution in [2.75, 3.05) is 7.11 Å². The first-order chi connectivity index (χ1) is 10.2. The third-order valence-corrected chi connectivity index (χ3v) is 3.06.